The molecule has 0 spiro atoms. The highest BCUT2D eigenvalue weighted by Crippen LogP contribution is 2.28. The zero-order chi connectivity index (χ0) is 15.2. The number of hydrogen-bond donors (Lipinski definition) is 1. The molecule has 4 heteroatoms. The minimum atomic E-state index is 0.472. The summed E-state index contributed by atoms with van der Waals surface area (Å²) in [5, 5.41) is 4.57. The fourth-order valence-corrected chi connectivity index (χ4v) is 3.36. The third-order valence-electron chi connectivity index (χ3n) is 3.45. The van der Waals surface area contributed by atoms with Crippen LogP contribution in [-0.2, 0) is 12.8 Å². The molecule has 1 unspecified atom stereocenters. The van der Waals surface area contributed by atoms with Crippen molar-refractivity contribution in [2.75, 3.05) is 13.6 Å². The van der Waals surface area contributed by atoms with E-state index in [0.29, 0.717) is 16.0 Å². The lowest BCUT2D eigenvalue weighted by atomic mass is 9.92. The van der Waals surface area contributed by atoms with Gasteiger partial charge in [0.05, 0.1) is 10.0 Å². The minimum Gasteiger partial charge on any atom is -0.319 e. The topological polar surface area (TPSA) is 12.0 Å². The second-order valence-electron chi connectivity index (χ2n) is 5.17. The largest absolute Gasteiger partial charge is 0.319 e. The third-order valence-corrected chi connectivity index (χ3v) is 4.80. The van der Waals surface area contributed by atoms with Crippen molar-refractivity contribution in [1.82, 2.24) is 5.32 Å². The Kier molecular flexibility index (Phi) is 6.56. The van der Waals surface area contributed by atoms with Crippen molar-refractivity contribution in [2.45, 2.75) is 12.8 Å². The molecule has 0 fully saturated rings. The van der Waals surface area contributed by atoms with E-state index in [1.54, 1.807) is 0 Å². The summed E-state index contributed by atoms with van der Waals surface area (Å²) in [5.74, 6) is 0.472. The Morgan fingerprint density at radius 3 is 2.57 bits per heavy atom. The lowest BCUT2D eigenvalue weighted by Crippen LogP contribution is -2.23. The molecule has 1 atom stereocenters. The Bertz CT molecular complexity index is 601. The minimum absolute atomic E-state index is 0.472. The van der Waals surface area contributed by atoms with Crippen LogP contribution in [0.3, 0.4) is 0 Å². The maximum atomic E-state index is 6.31. The van der Waals surface area contributed by atoms with Crippen molar-refractivity contribution in [3.05, 3.63) is 68.1 Å². The highest BCUT2D eigenvalue weighted by atomic mass is 79.9. The van der Waals surface area contributed by atoms with Gasteiger partial charge in [0, 0.05) is 4.47 Å². The number of rotatable bonds is 6. The first-order valence-electron chi connectivity index (χ1n) is 6.92. The molecule has 0 radical (unpaired) electrons. The number of benzene rings is 2. The number of hydrogen-bond acceptors (Lipinski definition) is 1. The van der Waals surface area contributed by atoms with Crippen molar-refractivity contribution in [2.24, 2.45) is 5.92 Å². The van der Waals surface area contributed by atoms with Gasteiger partial charge in [0.2, 0.25) is 0 Å². The third kappa shape index (κ3) is 5.00. The van der Waals surface area contributed by atoms with E-state index in [2.05, 4.69) is 45.5 Å². The van der Waals surface area contributed by atoms with Crippen molar-refractivity contribution < 1.29 is 0 Å². The second kappa shape index (κ2) is 8.19. The van der Waals surface area contributed by atoms with Crippen LogP contribution in [-0.4, -0.2) is 13.6 Å². The van der Waals surface area contributed by atoms with Crippen molar-refractivity contribution >= 4 is 39.1 Å². The number of halogens is 3. The van der Waals surface area contributed by atoms with Gasteiger partial charge in [-0.05, 0) is 61.7 Å². The SMILES string of the molecule is CNCC(Cc1cccc(Br)c1)Cc1cccc(Cl)c1Cl. The molecule has 0 amide bonds. The summed E-state index contributed by atoms with van der Waals surface area (Å²) in [5.41, 5.74) is 2.43. The lowest BCUT2D eigenvalue weighted by molar-refractivity contribution is 0.493. The molecule has 2 rings (SSSR count). The molecule has 0 saturated carbocycles. The Morgan fingerprint density at radius 2 is 1.86 bits per heavy atom. The summed E-state index contributed by atoms with van der Waals surface area (Å²) in [6, 6.07) is 14.3. The highest BCUT2D eigenvalue weighted by molar-refractivity contribution is 9.10. The van der Waals surface area contributed by atoms with Crippen LogP contribution in [0.15, 0.2) is 46.9 Å². The first kappa shape index (κ1) is 16.8. The van der Waals surface area contributed by atoms with E-state index in [0.717, 1.165) is 29.4 Å². The van der Waals surface area contributed by atoms with E-state index in [1.807, 2.05) is 25.2 Å². The van der Waals surface area contributed by atoms with Crippen LogP contribution in [0, 0.1) is 5.92 Å². The Labute approximate surface area is 144 Å². The monoisotopic (exact) mass is 385 g/mol. The lowest BCUT2D eigenvalue weighted by Gasteiger charge is -2.18. The van der Waals surface area contributed by atoms with Crippen molar-refractivity contribution in [3.63, 3.8) is 0 Å². The van der Waals surface area contributed by atoms with Gasteiger partial charge in [-0.2, -0.15) is 0 Å². The smallest absolute Gasteiger partial charge is 0.0624 e. The quantitative estimate of drug-likeness (QED) is 0.702. The van der Waals surface area contributed by atoms with Gasteiger partial charge in [-0.3, -0.25) is 0 Å². The van der Waals surface area contributed by atoms with E-state index in [9.17, 15) is 0 Å². The molecule has 2 aromatic rings. The van der Waals surface area contributed by atoms with E-state index in [-0.39, 0.29) is 0 Å². The second-order valence-corrected chi connectivity index (χ2v) is 6.88. The highest BCUT2D eigenvalue weighted by Gasteiger charge is 2.13. The van der Waals surface area contributed by atoms with Crippen LogP contribution in [0.25, 0.3) is 0 Å². The predicted molar refractivity (Wildman–Crippen MR) is 95.4 cm³/mol. The first-order valence-corrected chi connectivity index (χ1v) is 8.47. The van der Waals surface area contributed by atoms with Gasteiger partial charge in [0.1, 0.15) is 0 Å². The summed E-state index contributed by atoms with van der Waals surface area (Å²) in [7, 11) is 1.98. The summed E-state index contributed by atoms with van der Waals surface area (Å²) >= 11 is 15.9. The van der Waals surface area contributed by atoms with E-state index in [1.165, 1.54) is 5.56 Å². The molecule has 0 saturated heterocycles. The molecule has 0 bridgehead atoms. The maximum Gasteiger partial charge on any atom is 0.0624 e. The Balaban J connectivity index is 2.13. The van der Waals surface area contributed by atoms with Crippen LogP contribution in [0.4, 0.5) is 0 Å². The van der Waals surface area contributed by atoms with Gasteiger partial charge in [0.25, 0.3) is 0 Å². The van der Waals surface area contributed by atoms with Crippen LogP contribution >= 0.6 is 39.1 Å². The summed E-state index contributed by atoms with van der Waals surface area (Å²) in [6.07, 6.45) is 1.91. The van der Waals surface area contributed by atoms with Crippen LogP contribution in [0.5, 0.6) is 0 Å². The van der Waals surface area contributed by atoms with Crippen molar-refractivity contribution in [1.29, 1.82) is 0 Å². The van der Waals surface area contributed by atoms with Crippen LogP contribution < -0.4 is 5.32 Å². The molecule has 21 heavy (non-hydrogen) atoms. The molecule has 0 aliphatic heterocycles. The normalized spacial score (nSPS) is 12.4. The zero-order valence-electron chi connectivity index (χ0n) is 11.9. The van der Waals surface area contributed by atoms with Gasteiger partial charge in [-0.25, -0.2) is 0 Å². The van der Waals surface area contributed by atoms with Gasteiger partial charge >= 0.3 is 0 Å². The first-order chi connectivity index (χ1) is 10.1. The standard InChI is InChI=1S/C17H18BrCl2N/c1-21-11-13(8-12-4-2-6-15(18)10-12)9-14-5-3-7-16(19)17(14)20/h2-7,10,13,21H,8-9,11H2,1H3. The fourth-order valence-electron chi connectivity index (χ4n) is 2.52. The molecule has 0 aliphatic rings. The van der Waals surface area contributed by atoms with Gasteiger partial charge in [-0.1, -0.05) is 63.4 Å². The molecule has 0 heterocycles. The molecular weight excluding hydrogens is 369 g/mol. The predicted octanol–water partition coefficient (Wildman–Crippen LogP) is 5.38. The fraction of sp³-hybridized carbons (Fsp3) is 0.294. The molecule has 0 aromatic heterocycles. The summed E-state index contributed by atoms with van der Waals surface area (Å²) in [6.45, 7) is 0.940. The molecule has 1 nitrogen and oxygen atoms in total. The molecule has 112 valence electrons. The summed E-state index contributed by atoms with van der Waals surface area (Å²) in [4.78, 5) is 0. The maximum absolute atomic E-state index is 6.31. The average Bonchev–Trinajstić information content (AvgIpc) is 2.44. The zero-order valence-corrected chi connectivity index (χ0v) is 15.0. The van der Waals surface area contributed by atoms with Crippen LogP contribution in [0.2, 0.25) is 10.0 Å². The molecule has 2 aromatic carbocycles. The number of nitrogens with one attached hydrogen (secondary N) is 1. The van der Waals surface area contributed by atoms with E-state index >= 15 is 0 Å². The van der Waals surface area contributed by atoms with Gasteiger partial charge in [-0.15, -0.1) is 0 Å². The molecular formula is C17H18BrCl2N. The van der Waals surface area contributed by atoms with Gasteiger partial charge in [0.15, 0.2) is 0 Å². The van der Waals surface area contributed by atoms with Gasteiger partial charge < -0.3 is 5.32 Å². The van der Waals surface area contributed by atoms with E-state index in [4.69, 9.17) is 23.2 Å². The van der Waals surface area contributed by atoms with Crippen LogP contribution in [0.1, 0.15) is 11.1 Å². The average molecular weight is 387 g/mol. The Morgan fingerprint density at radius 1 is 1.10 bits per heavy atom. The molecule has 1 N–H and O–H groups in total. The van der Waals surface area contributed by atoms with Crippen molar-refractivity contribution in [3.8, 4) is 0 Å². The van der Waals surface area contributed by atoms with E-state index < -0.39 is 0 Å². The Hall–Kier alpha value is -0.540. The molecule has 0 aliphatic carbocycles. The summed E-state index contributed by atoms with van der Waals surface area (Å²) < 4.78 is 1.11.